The summed E-state index contributed by atoms with van der Waals surface area (Å²) in [7, 11) is 0. The van der Waals surface area contributed by atoms with Gasteiger partial charge in [-0.25, -0.2) is 0 Å². The van der Waals surface area contributed by atoms with Crippen LogP contribution in [0.3, 0.4) is 0 Å². The van der Waals surface area contributed by atoms with Gasteiger partial charge in [0, 0.05) is 26.2 Å². The highest BCUT2D eigenvalue weighted by Crippen LogP contribution is 2.43. The molecule has 1 N–H and O–H groups in total. The first-order chi connectivity index (χ1) is 10.7. The minimum absolute atomic E-state index is 0.139. The number of thiophene rings is 2. The molecule has 4 rings (SSSR count). The molecule has 0 atom stereocenters. The lowest BCUT2D eigenvalue weighted by atomic mass is 9.95. The van der Waals surface area contributed by atoms with Crippen LogP contribution < -0.4 is 5.32 Å². The van der Waals surface area contributed by atoms with Crippen molar-refractivity contribution < 1.29 is 4.79 Å². The molecule has 0 aromatic carbocycles. The third-order valence-corrected chi connectivity index (χ3v) is 7.09. The summed E-state index contributed by atoms with van der Waals surface area (Å²) in [6.45, 7) is 2.17. The first-order valence-electron chi connectivity index (χ1n) is 8.24. The predicted octanol–water partition coefficient (Wildman–Crippen LogP) is 4.95. The second kappa shape index (κ2) is 5.82. The Morgan fingerprint density at radius 1 is 1.14 bits per heavy atom. The lowest BCUT2D eigenvalue weighted by Gasteiger charge is -2.22. The van der Waals surface area contributed by atoms with Crippen molar-refractivity contribution in [3.05, 3.63) is 32.3 Å². The topological polar surface area (TPSA) is 29.1 Å². The Morgan fingerprint density at radius 2 is 1.95 bits per heavy atom. The minimum atomic E-state index is 0.139. The Hall–Kier alpha value is -1.13. The smallest absolute Gasteiger partial charge is 0.261 e. The minimum Gasteiger partial charge on any atom is -0.349 e. The van der Waals surface area contributed by atoms with Gasteiger partial charge in [0.2, 0.25) is 0 Å². The van der Waals surface area contributed by atoms with Crippen molar-refractivity contribution in [2.45, 2.75) is 57.9 Å². The van der Waals surface area contributed by atoms with Crippen LogP contribution >= 0.6 is 22.7 Å². The quantitative estimate of drug-likeness (QED) is 0.829. The van der Waals surface area contributed by atoms with Crippen molar-refractivity contribution in [1.82, 2.24) is 5.32 Å². The standard InChI is InChI=1S/C18H21NOS2/c1-11-9-14-15(21-11)8-7-12-10-16(22-17(12)14)18(20)19-13-5-3-2-4-6-13/h9-10,13H,2-8H2,1H3,(H,19,20). The number of aryl methyl sites for hydroxylation is 3. The van der Waals surface area contributed by atoms with Gasteiger partial charge in [0.15, 0.2) is 0 Å². The number of nitrogens with one attached hydrogen (secondary N) is 1. The molecule has 2 aliphatic rings. The summed E-state index contributed by atoms with van der Waals surface area (Å²) >= 11 is 3.59. The van der Waals surface area contributed by atoms with Crippen molar-refractivity contribution in [1.29, 1.82) is 0 Å². The van der Waals surface area contributed by atoms with Crippen LogP contribution in [0.1, 0.15) is 57.1 Å². The largest absolute Gasteiger partial charge is 0.349 e. The van der Waals surface area contributed by atoms with E-state index >= 15 is 0 Å². The van der Waals surface area contributed by atoms with E-state index in [1.807, 2.05) is 11.3 Å². The van der Waals surface area contributed by atoms with Crippen LogP contribution in [0.25, 0.3) is 10.4 Å². The van der Waals surface area contributed by atoms with Gasteiger partial charge in [0.05, 0.1) is 4.88 Å². The summed E-state index contributed by atoms with van der Waals surface area (Å²) in [5, 5.41) is 3.25. The van der Waals surface area contributed by atoms with Gasteiger partial charge in [-0.3, -0.25) is 4.79 Å². The normalized spacial score (nSPS) is 17.9. The van der Waals surface area contributed by atoms with Crippen LogP contribution in [0.5, 0.6) is 0 Å². The first-order valence-corrected chi connectivity index (χ1v) is 9.87. The Morgan fingerprint density at radius 3 is 2.77 bits per heavy atom. The lowest BCUT2D eigenvalue weighted by molar-refractivity contribution is 0.0932. The molecule has 2 heterocycles. The van der Waals surface area contributed by atoms with Crippen molar-refractivity contribution in [2.75, 3.05) is 0 Å². The van der Waals surface area contributed by atoms with Crippen LogP contribution in [0.15, 0.2) is 12.1 Å². The molecular weight excluding hydrogens is 310 g/mol. The number of amides is 1. The molecule has 2 aliphatic carbocycles. The van der Waals surface area contributed by atoms with Gasteiger partial charge >= 0.3 is 0 Å². The van der Waals surface area contributed by atoms with E-state index in [1.54, 1.807) is 11.3 Å². The number of rotatable bonds is 2. The molecule has 116 valence electrons. The second-order valence-electron chi connectivity index (χ2n) is 6.47. The highest BCUT2D eigenvalue weighted by atomic mass is 32.1. The molecule has 1 amide bonds. The van der Waals surface area contributed by atoms with Crippen molar-refractivity contribution in [2.24, 2.45) is 0 Å². The summed E-state index contributed by atoms with van der Waals surface area (Å²) in [5.41, 5.74) is 2.74. The van der Waals surface area contributed by atoms with E-state index in [4.69, 9.17) is 0 Å². The van der Waals surface area contributed by atoms with Crippen molar-refractivity contribution >= 4 is 28.6 Å². The molecule has 1 saturated carbocycles. The van der Waals surface area contributed by atoms with Crippen LogP contribution in [-0.2, 0) is 12.8 Å². The predicted molar refractivity (Wildman–Crippen MR) is 94.1 cm³/mol. The Kier molecular flexibility index (Phi) is 3.82. The molecule has 0 radical (unpaired) electrons. The third kappa shape index (κ3) is 2.63. The molecule has 0 aliphatic heterocycles. The molecule has 4 heteroatoms. The number of hydrogen-bond donors (Lipinski definition) is 1. The Bertz CT molecular complexity index is 707. The molecule has 2 nitrogen and oxygen atoms in total. The molecule has 22 heavy (non-hydrogen) atoms. The molecule has 0 bridgehead atoms. The summed E-state index contributed by atoms with van der Waals surface area (Å²) in [4.78, 5) is 17.6. The van der Waals surface area contributed by atoms with Crippen LogP contribution in [-0.4, -0.2) is 11.9 Å². The zero-order valence-corrected chi connectivity index (χ0v) is 14.5. The number of hydrogen-bond acceptors (Lipinski definition) is 3. The van der Waals surface area contributed by atoms with Gasteiger partial charge in [-0.15, -0.1) is 22.7 Å². The summed E-state index contributed by atoms with van der Waals surface area (Å²) in [6, 6.07) is 4.81. The third-order valence-electron chi connectivity index (χ3n) is 4.77. The average Bonchev–Trinajstić information content (AvgIpc) is 3.10. The highest BCUT2D eigenvalue weighted by Gasteiger charge is 2.24. The summed E-state index contributed by atoms with van der Waals surface area (Å²) < 4.78 is 0. The summed E-state index contributed by atoms with van der Waals surface area (Å²) in [6.07, 6.45) is 8.32. The molecular formula is C18H21NOS2. The molecule has 0 unspecified atom stereocenters. The Labute approximate surface area is 139 Å². The van der Waals surface area contributed by atoms with E-state index in [9.17, 15) is 4.79 Å². The highest BCUT2D eigenvalue weighted by molar-refractivity contribution is 7.18. The molecule has 2 aromatic rings. The second-order valence-corrected chi connectivity index (χ2v) is 8.86. The van der Waals surface area contributed by atoms with Gasteiger partial charge in [-0.2, -0.15) is 0 Å². The molecule has 2 aromatic heterocycles. The van der Waals surface area contributed by atoms with Gasteiger partial charge in [-0.1, -0.05) is 19.3 Å². The van der Waals surface area contributed by atoms with Crippen molar-refractivity contribution in [3.63, 3.8) is 0 Å². The Balaban J connectivity index is 1.57. The fourth-order valence-electron chi connectivity index (χ4n) is 3.65. The monoisotopic (exact) mass is 331 g/mol. The number of carbonyl (C=O) groups excluding carboxylic acids is 1. The van der Waals surface area contributed by atoms with Crippen molar-refractivity contribution in [3.8, 4) is 10.4 Å². The van der Waals surface area contributed by atoms with Gasteiger partial charge in [0.1, 0.15) is 0 Å². The van der Waals surface area contributed by atoms with Crippen LogP contribution in [0.2, 0.25) is 0 Å². The first kappa shape index (κ1) is 14.5. The van der Waals surface area contributed by atoms with E-state index < -0.39 is 0 Å². The van der Waals surface area contributed by atoms with Crippen LogP contribution in [0, 0.1) is 6.92 Å². The summed E-state index contributed by atoms with van der Waals surface area (Å²) in [5.74, 6) is 0.139. The van der Waals surface area contributed by atoms with E-state index in [0.29, 0.717) is 6.04 Å². The van der Waals surface area contributed by atoms with Crippen LogP contribution in [0.4, 0.5) is 0 Å². The zero-order chi connectivity index (χ0) is 15.1. The maximum Gasteiger partial charge on any atom is 0.261 e. The van der Waals surface area contributed by atoms with Gasteiger partial charge in [-0.05, 0) is 50.3 Å². The van der Waals surface area contributed by atoms with E-state index in [1.165, 1.54) is 45.0 Å². The average molecular weight is 332 g/mol. The number of fused-ring (bicyclic) bond motifs is 3. The maximum absolute atomic E-state index is 12.5. The van der Waals surface area contributed by atoms with E-state index in [2.05, 4.69) is 24.4 Å². The molecule has 1 fully saturated rings. The van der Waals surface area contributed by atoms with Gasteiger partial charge < -0.3 is 5.32 Å². The SMILES string of the molecule is Cc1cc2c(s1)CCc1cc(C(=O)NC3CCCCC3)sc1-2. The fourth-order valence-corrected chi connectivity index (χ4v) is 5.91. The zero-order valence-electron chi connectivity index (χ0n) is 12.9. The maximum atomic E-state index is 12.5. The van der Waals surface area contributed by atoms with E-state index in [0.717, 1.165) is 30.6 Å². The molecule has 0 spiro atoms. The number of carbonyl (C=O) groups is 1. The molecule has 0 saturated heterocycles. The van der Waals surface area contributed by atoms with Gasteiger partial charge in [0.25, 0.3) is 5.91 Å². The van der Waals surface area contributed by atoms with E-state index in [-0.39, 0.29) is 5.91 Å². The lowest BCUT2D eigenvalue weighted by Crippen LogP contribution is -2.35. The fraction of sp³-hybridized carbons (Fsp3) is 0.500.